The van der Waals surface area contributed by atoms with E-state index in [4.69, 9.17) is 17.0 Å². The van der Waals surface area contributed by atoms with Crippen molar-refractivity contribution in [3.8, 4) is 22.9 Å². The Balaban J connectivity index is 1.40. The molecule has 5 aromatic rings. The van der Waals surface area contributed by atoms with E-state index in [-0.39, 0.29) is 17.8 Å². The molecule has 2 atom stereocenters. The molecule has 1 aliphatic heterocycles. The molecule has 38 heavy (non-hydrogen) atoms. The lowest BCUT2D eigenvalue weighted by Crippen LogP contribution is -2.30. The number of para-hydroxylation sites is 1. The first-order chi connectivity index (χ1) is 18.6. The number of aromatic hydroxyl groups is 1. The summed E-state index contributed by atoms with van der Waals surface area (Å²) in [5.41, 5.74) is 4.91. The minimum Gasteiger partial charge on any atom is -0.508 e. The van der Waals surface area contributed by atoms with Crippen molar-refractivity contribution in [2.45, 2.75) is 19.0 Å². The molecule has 0 spiro atoms. The lowest BCUT2D eigenvalue weighted by molar-refractivity contribution is 0.475. The molecule has 3 aromatic carbocycles. The number of phenols is 1. The number of thiocarbonyl (C=S) groups is 1. The molecule has 1 aliphatic rings. The number of hydrogen-bond donors (Lipinski definition) is 2. The van der Waals surface area contributed by atoms with Gasteiger partial charge >= 0.3 is 0 Å². The van der Waals surface area contributed by atoms with Gasteiger partial charge in [-0.2, -0.15) is 0 Å². The number of pyridine rings is 1. The zero-order valence-corrected chi connectivity index (χ0v) is 21.5. The summed E-state index contributed by atoms with van der Waals surface area (Å²) < 4.78 is 8.25. The van der Waals surface area contributed by atoms with Crippen LogP contribution in [0.15, 0.2) is 116 Å². The molecule has 1 saturated heterocycles. The van der Waals surface area contributed by atoms with Gasteiger partial charge in [0.1, 0.15) is 23.3 Å². The Morgan fingerprint density at radius 2 is 1.58 bits per heavy atom. The quantitative estimate of drug-likeness (QED) is 0.240. The maximum Gasteiger partial charge on any atom is 0.174 e. The van der Waals surface area contributed by atoms with Gasteiger partial charge in [0, 0.05) is 29.5 Å². The van der Waals surface area contributed by atoms with Crippen molar-refractivity contribution in [1.29, 1.82) is 0 Å². The van der Waals surface area contributed by atoms with E-state index in [1.54, 1.807) is 18.3 Å². The van der Waals surface area contributed by atoms with Crippen LogP contribution in [0.1, 0.15) is 29.0 Å². The van der Waals surface area contributed by atoms with Gasteiger partial charge < -0.3 is 24.6 Å². The third-order valence-electron chi connectivity index (χ3n) is 6.75. The molecule has 1 fully saturated rings. The number of phenolic OH excluding ortho intramolecular Hbond substituents is 1. The van der Waals surface area contributed by atoms with Crippen LogP contribution in [-0.4, -0.2) is 19.8 Å². The Morgan fingerprint density at radius 3 is 2.32 bits per heavy atom. The molecule has 2 aromatic heterocycles. The fourth-order valence-corrected chi connectivity index (χ4v) is 5.24. The molecular weight excluding hydrogens is 492 g/mol. The summed E-state index contributed by atoms with van der Waals surface area (Å²) in [7, 11) is 0. The average Bonchev–Trinajstić information content (AvgIpc) is 3.56. The SMILES string of the molecule is Cc1ccccc1Oc1ccc(N2C(=S)N[C@@H](c3ccccn3)[C@H]2c2cccn2-c2ccc(O)cc2)cc1. The zero-order chi connectivity index (χ0) is 26.1. The molecule has 188 valence electrons. The summed E-state index contributed by atoms with van der Waals surface area (Å²) in [6.45, 7) is 2.03. The average molecular weight is 519 g/mol. The van der Waals surface area contributed by atoms with Crippen molar-refractivity contribution in [2.24, 2.45) is 0 Å². The van der Waals surface area contributed by atoms with Gasteiger partial charge in [-0.15, -0.1) is 0 Å². The third-order valence-corrected chi connectivity index (χ3v) is 7.06. The summed E-state index contributed by atoms with van der Waals surface area (Å²) in [5, 5.41) is 14.0. The Bertz CT molecular complexity index is 1570. The number of nitrogens with one attached hydrogen (secondary N) is 1. The minimum absolute atomic E-state index is 0.169. The Labute approximate surface area is 226 Å². The van der Waals surface area contributed by atoms with Crippen molar-refractivity contribution in [3.05, 3.63) is 132 Å². The maximum atomic E-state index is 9.82. The molecule has 0 aliphatic carbocycles. The van der Waals surface area contributed by atoms with Gasteiger partial charge in [0.05, 0.1) is 11.7 Å². The van der Waals surface area contributed by atoms with Crippen LogP contribution in [0.4, 0.5) is 5.69 Å². The lowest BCUT2D eigenvalue weighted by atomic mass is 10.0. The van der Waals surface area contributed by atoms with E-state index in [9.17, 15) is 5.11 Å². The summed E-state index contributed by atoms with van der Waals surface area (Å²) in [4.78, 5) is 6.79. The van der Waals surface area contributed by atoms with Crippen LogP contribution in [0.3, 0.4) is 0 Å². The minimum atomic E-state index is -0.177. The highest BCUT2D eigenvalue weighted by Crippen LogP contribution is 2.42. The van der Waals surface area contributed by atoms with Gasteiger partial charge in [0.2, 0.25) is 0 Å². The molecule has 3 heterocycles. The first kappa shape index (κ1) is 23.8. The number of anilines is 1. The normalized spacial score (nSPS) is 16.9. The van der Waals surface area contributed by atoms with Crippen molar-refractivity contribution >= 4 is 23.0 Å². The fraction of sp³-hybridized carbons (Fsp3) is 0.0968. The molecule has 0 bridgehead atoms. The smallest absolute Gasteiger partial charge is 0.174 e. The summed E-state index contributed by atoms with van der Waals surface area (Å²) in [6.07, 6.45) is 3.83. The summed E-state index contributed by atoms with van der Waals surface area (Å²) >= 11 is 5.90. The Kier molecular flexibility index (Phi) is 6.27. The van der Waals surface area contributed by atoms with Crippen LogP contribution in [0, 0.1) is 6.92 Å². The van der Waals surface area contributed by atoms with Crippen LogP contribution in [-0.2, 0) is 0 Å². The van der Waals surface area contributed by atoms with E-state index >= 15 is 0 Å². The second-order valence-corrected chi connectivity index (χ2v) is 9.56. The van der Waals surface area contributed by atoms with Gasteiger partial charge in [-0.1, -0.05) is 24.3 Å². The van der Waals surface area contributed by atoms with E-state index in [2.05, 4.69) is 25.8 Å². The van der Waals surface area contributed by atoms with Gasteiger partial charge in [0.15, 0.2) is 5.11 Å². The highest BCUT2D eigenvalue weighted by atomic mass is 32.1. The predicted molar refractivity (Wildman–Crippen MR) is 153 cm³/mol. The predicted octanol–water partition coefficient (Wildman–Crippen LogP) is 6.86. The van der Waals surface area contributed by atoms with E-state index < -0.39 is 0 Å². The molecule has 0 radical (unpaired) electrons. The van der Waals surface area contributed by atoms with Crippen molar-refractivity contribution in [2.75, 3.05) is 4.90 Å². The van der Waals surface area contributed by atoms with Gasteiger partial charge in [-0.05, 0) is 104 Å². The topological polar surface area (TPSA) is 62.5 Å². The first-order valence-electron chi connectivity index (χ1n) is 12.4. The van der Waals surface area contributed by atoms with E-state index in [0.717, 1.165) is 39.8 Å². The summed E-state index contributed by atoms with van der Waals surface area (Å²) in [6, 6.07) is 32.8. The van der Waals surface area contributed by atoms with Gasteiger partial charge in [-0.3, -0.25) is 4.98 Å². The van der Waals surface area contributed by atoms with E-state index in [1.165, 1.54) is 0 Å². The van der Waals surface area contributed by atoms with E-state index in [1.807, 2.05) is 98.0 Å². The molecule has 0 amide bonds. The van der Waals surface area contributed by atoms with Crippen LogP contribution in [0.25, 0.3) is 5.69 Å². The van der Waals surface area contributed by atoms with Crippen LogP contribution >= 0.6 is 12.2 Å². The second-order valence-electron chi connectivity index (χ2n) is 9.18. The van der Waals surface area contributed by atoms with Gasteiger partial charge in [-0.25, -0.2) is 0 Å². The molecule has 7 heteroatoms. The molecule has 0 unspecified atom stereocenters. The highest BCUT2D eigenvalue weighted by Gasteiger charge is 2.42. The Morgan fingerprint density at radius 1 is 0.842 bits per heavy atom. The van der Waals surface area contributed by atoms with Crippen molar-refractivity contribution in [3.63, 3.8) is 0 Å². The van der Waals surface area contributed by atoms with Crippen molar-refractivity contribution < 1.29 is 9.84 Å². The zero-order valence-electron chi connectivity index (χ0n) is 20.7. The first-order valence-corrected chi connectivity index (χ1v) is 12.8. The lowest BCUT2D eigenvalue weighted by Gasteiger charge is -2.29. The number of hydrogen-bond acceptors (Lipinski definition) is 4. The highest BCUT2D eigenvalue weighted by molar-refractivity contribution is 7.80. The van der Waals surface area contributed by atoms with Gasteiger partial charge in [0.25, 0.3) is 0 Å². The second kappa shape index (κ2) is 10.0. The molecule has 0 saturated carbocycles. The third kappa shape index (κ3) is 4.48. The number of aryl methyl sites for hydroxylation is 1. The fourth-order valence-electron chi connectivity index (χ4n) is 4.89. The molecule has 2 N–H and O–H groups in total. The maximum absolute atomic E-state index is 9.82. The van der Waals surface area contributed by atoms with Crippen LogP contribution in [0.2, 0.25) is 0 Å². The van der Waals surface area contributed by atoms with Crippen molar-refractivity contribution in [1.82, 2.24) is 14.9 Å². The molecular formula is C31H26N4O2S. The monoisotopic (exact) mass is 518 g/mol. The van der Waals surface area contributed by atoms with Crippen LogP contribution < -0.4 is 15.0 Å². The molecule has 6 nitrogen and oxygen atoms in total. The summed E-state index contributed by atoms with van der Waals surface area (Å²) in [5.74, 6) is 1.82. The standard InChI is InChI=1S/C31H26N4O2S/c1-21-7-2-3-10-28(21)37-25-17-13-23(14-18-25)35-30(29(33-31(35)38)26-8-4-5-19-32-26)27-9-6-20-34(27)22-11-15-24(36)16-12-22/h2-20,29-30,36H,1H3,(H,33,38)/t29-,30+/m0/s1. The number of nitrogens with zero attached hydrogens (tertiary/aromatic N) is 3. The Hall–Kier alpha value is -4.62. The van der Waals surface area contributed by atoms with E-state index in [0.29, 0.717) is 5.11 Å². The number of benzene rings is 3. The largest absolute Gasteiger partial charge is 0.508 e. The number of rotatable bonds is 6. The van der Waals surface area contributed by atoms with Crippen LogP contribution in [0.5, 0.6) is 17.2 Å². The number of aromatic nitrogens is 2. The number of ether oxygens (including phenoxy) is 1. The molecule has 6 rings (SSSR count).